The highest BCUT2D eigenvalue weighted by Crippen LogP contribution is 2.36. The number of nitrogens with zero attached hydrogens (tertiary/aromatic N) is 8. The number of alkyl halides is 3. The number of piperidine rings is 2. The molecule has 2 aromatic carbocycles. The van der Waals surface area contributed by atoms with E-state index in [2.05, 4.69) is 30.8 Å². The van der Waals surface area contributed by atoms with Gasteiger partial charge in [-0.15, -0.1) is 0 Å². The van der Waals surface area contributed by atoms with E-state index >= 15 is 0 Å². The number of hydrogen-bond donors (Lipinski definition) is 3. The summed E-state index contributed by atoms with van der Waals surface area (Å²) in [4.78, 5) is 61.1. The molecule has 2 aliphatic heterocycles. The molecule has 3 aliphatic rings. The minimum absolute atomic E-state index is 0.200. The van der Waals surface area contributed by atoms with E-state index in [4.69, 9.17) is 9.84 Å². The number of carbonyl (C=O) groups excluding carboxylic acids is 3. The van der Waals surface area contributed by atoms with Crippen LogP contribution in [0.2, 0.25) is 0 Å². The van der Waals surface area contributed by atoms with Crippen molar-refractivity contribution in [3.8, 4) is 5.75 Å². The second kappa shape index (κ2) is 16.0. The highest BCUT2D eigenvalue weighted by Gasteiger charge is 2.35. The molecule has 1 unspecified atom stereocenters. The molecule has 1 atom stereocenters. The van der Waals surface area contributed by atoms with Crippen molar-refractivity contribution in [3.63, 3.8) is 0 Å². The number of ether oxygens (including phenoxy) is 1. The lowest BCUT2D eigenvalue weighted by atomic mass is 9.86. The minimum atomic E-state index is -4.67. The van der Waals surface area contributed by atoms with E-state index in [1.165, 1.54) is 22.4 Å². The van der Waals surface area contributed by atoms with Crippen molar-refractivity contribution in [3.05, 3.63) is 77.0 Å². The first kappa shape index (κ1) is 40.2. The predicted molar refractivity (Wildman–Crippen MR) is 220 cm³/mol. The van der Waals surface area contributed by atoms with Gasteiger partial charge in [0.05, 0.1) is 41.1 Å². The van der Waals surface area contributed by atoms with Gasteiger partial charge in [0.15, 0.2) is 11.3 Å². The van der Waals surface area contributed by atoms with E-state index < -0.39 is 29.7 Å². The number of aromatic nitrogens is 7. The maximum atomic E-state index is 13.4. The lowest BCUT2D eigenvalue weighted by Gasteiger charge is -2.35. The van der Waals surface area contributed by atoms with Crippen molar-refractivity contribution >= 4 is 56.7 Å². The molecular weight excluding hydrogens is 796 g/mol. The lowest BCUT2D eigenvalue weighted by Crippen LogP contribution is -2.44. The molecule has 1 aliphatic carbocycles. The molecule has 3 amide bonds. The van der Waals surface area contributed by atoms with Crippen LogP contribution in [0.1, 0.15) is 79.6 Å². The molecule has 6 heterocycles. The van der Waals surface area contributed by atoms with Crippen LogP contribution in [0.4, 0.5) is 24.5 Å². The molecule has 16 nitrogen and oxygen atoms in total. The summed E-state index contributed by atoms with van der Waals surface area (Å²) in [7, 11) is 3.21. The normalized spacial score (nSPS) is 20.5. The van der Waals surface area contributed by atoms with Crippen LogP contribution in [0, 0.1) is 11.8 Å². The Kier molecular flexibility index (Phi) is 10.5. The number of hydrogen-bond acceptors (Lipinski definition) is 10. The SMILES string of the molecule is COc1cc2nn(C3CCC(CNCC4CCN(c5cccc6c5n(C)c(=O)n6C5CCC(=O)NC5=O)CC4)CC3)cc2cc1NC(=O)c1ncn2ccc(C(F)(F)F)nc12. The monoisotopic (exact) mass is 841 g/mol. The van der Waals surface area contributed by atoms with Crippen molar-refractivity contribution in [2.24, 2.45) is 18.9 Å². The Morgan fingerprint density at radius 3 is 2.46 bits per heavy atom. The first-order valence-corrected chi connectivity index (χ1v) is 20.6. The van der Waals surface area contributed by atoms with Gasteiger partial charge in [-0.1, -0.05) is 6.07 Å². The van der Waals surface area contributed by atoms with Crippen LogP contribution < -0.4 is 31.3 Å². The van der Waals surface area contributed by atoms with Crippen LogP contribution in [-0.4, -0.2) is 84.3 Å². The second-order valence-corrected chi connectivity index (χ2v) is 16.4. The molecule has 19 heteroatoms. The molecule has 0 bridgehead atoms. The summed E-state index contributed by atoms with van der Waals surface area (Å²) in [5, 5.41) is 14.5. The summed E-state index contributed by atoms with van der Waals surface area (Å²) in [6.45, 7) is 3.60. The van der Waals surface area contributed by atoms with Gasteiger partial charge in [0, 0.05) is 50.4 Å². The summed E-state index contributed by atoms with van der Waals surface area (Å²) in [5.74, 6) is -0.0358. The largest absolute Gasteiger partial charge is 0.494 e. The number of imidazole rings is 2. The minimum Gasteiger partial charge on any atom is -0.494 e. The number of benzene rings is 2. The number of para-hydroxylation sites is 1. The quantitative estimate of drug-likeness (QED) is 0.155. The molecule has 61 heavy (non-hydrogen) atoms. The highest BCUT2D eigenvalue weighted by molar-refractivity contribution is 6.08. The van der Waals surface area contributed by atoms with Crippen molar-refractivity contribution in [1.29, 1.82) is 0 Å². The third kappa shape index (κ3) is 7.70. The number of carbonyl (C=O) groups is 3. The molecule has 0 radical (unpaired) electrons. The standard InChI is InChI=1S/C42H46F3N11O5/c1-52-37-30(4-3-5-31(37)56(41(52)60)32-10-11-35(57)50-39(32)58)53-15-12-25(13-16-53)21-46-20-24-6-8-27(9-7-24)55-22-26-18-29(33(61-2)19-28(26)51-55)48-40(59)36-38-49-34(42(43,44)45)14-17-54(38)23-47-36/h3-5,14,17-19,22-25,27,32,46H,6-13,15-16,20-21H2,1-2H3,(H,48,59)(H,50,57,58). The fourth-order valence-corrected chi connectivity index (χ4v) is 9.29. The first-order chi connectivity index (χ1) is 29.4. The molecule has 9 rings (SSSR count). The Balaban J connectivity index is 0.771. The van der Waals surface area contributed by atoms with E-state index in [9.17, 15) is 32.3 Å². The Hall–Kier alpha value is -6.24. The molecule has 4 aromatic heterocycles. The third-order valence-electron chi connectivity index (χ3n) is 12.6. The molecule has 3 N–H and O–H groups in total. The van der Waals surface area contributed by atoms with Crippen molar-refractivity contribution in [2.75, 3.05) is 43.5 Å². The van der Waals surface area contributed by atoms with Gasteiger partial charge in [0.2, 0.25) is 11.8 Å². The van der Waals surface area contributed by atoms with E-state index in [-0.39, 0.29) is 35.4 Å². The molecule has 1 saturated carbocycles. The maximum absolute atomic E-state index is 13.4. The molecule has 6 aromatic rings. The average molecular weight is 842 g/mol. The molecular formula is C42H46F3N11O5. The van der Waals surface area contributed by atoms with Crippen LogP contribution in [0.25, 0.3) is 27.6 Å². The van der Waals surface area contributed by atoms with E-state index in [1.807, 2.05) is 29.1 Å². The van der Waals surface area contributed by atoms with Gasteiger partial charge in [-0.3, -0.25) is 37.9 Å². The van der Waals surface area contributed by atoms with Gasteiger partial charge < -0.3 is 20.3 Å². The molecule has 0 spiro atoms. The van der Waals surface area contributed by atoms with Crippen LogP contribution in [0.15, 0.2) is 59.9 Å². The van der Waals surface area contributed by atoms with Crippen LogP contribution >= 0.6 is 0 Å². The molecule has 320 valence electrons. The first-order valence-electron chi connectivity index (χ1n) is 20.6. The average Bonchev–Trinajstić information content (AvgIpc) is 3.94. The summed E-state index contributed by atoms with van der Waals surface area (Å²) in [6.07, 6.45) is 6.27. The number of amides is 3. The van der Waals surface area contributed by atoms with Gasteiger partial charge in [-0.05, 0) is 94.1 Å². The zero-order valence-electron chi connectivity index (χ0n) is 33.7. The van der Waals surface area contributed by atoms with Gasteiger partial charge in [-0.2, -0.15) is 18.3 Å². The topological polar surface area (TPSA) is 175 Å². The molecule has 2 saturated heterocycles. The zero-order valence-corrected chi connectivity index (χ0v) is 33.7. The Morgan fingerprint density at radius 2 is 1.74 bits per heavy atom. The number of aryl methyl sites for hydroxylation is 1. The smallest absolute Gasteiger partial charge is 0.433 e. The number of methoxy groups -OCH3 is 1. The van der Waals surface area contributed by atoms with Crippen molar-refractivity contribution in [1.82, 2.24) is 43.9 Å². The number of imide groups is 1. The zero-order chi connectivity index (χ0) is 42.6. The number of halogens is 3. The summed E-state index contributed by atoms with van der Waals surface area (Å²) in [6, 6.07) is 9.64. The molecule has 3 fully saturated rings. The Labute approximate surface area is 347 Å². The van der Waals surface area contributed by atoms with Gasteiger partial charge in [-0.25, -0.2) is 14.8 Å². The Morgan fingerprint density at radius 1 is 0.984 bits per heavy atom. The summed E-state index contributed by atoms with van der Waals surface area (Å²) < 4.78 is 51.9. The highest BCUT2D eigenvalue weighted by atomic mass is 19.4. The lowest BCUT2D eigenvalue weighted by molar-refractivity contribution is -0.141. The maximum Gasteiger partial charge on any atom is 0.433 e. The van der Waals surface area contributed by atoms with Crippen LogP contribution in [-0.2, 0) is 22.8 Å². The second-order valence-electron chi connectivity index (χ2n) is 16.4. The van der Waals surface area contributed by atoms with Crippen LogP contribution in [0.5, 0.6) is 5.75 Å². The number of rotatable bonds is 10. The fraction of sp³-hybridized carbons (Fsp3) is 0.452. The van der Waals surface area contributed by atoms with Crippen molar-refractivity contribution < 1.29 is 32.3 Å². The summed E-state index contributed by atoms with van der Waals surface area (Å²) in [5.41, 5.74) is 1.66. The van der Waals surface area contributed by atoms with Crippen LogP contribution in [0.3, 0.4) is 0 Å². The number of fused-ring (bicyclic) bond motifs is 3. The van der Waals surface area contributed by atoms with E-state index in [1.54, 1.807) is 23.7 Å². The fourth-order valence-electron chi connectivity index (χ4n) is 9.29. The number of anilines is 2. The predicted octanol–water partition coefficient (Wildman–Crippen LogP) is 5.23. The van der Waals surface area contributed by atoms with E-state index in [0.29, 0.717) is 40.7 Å². The third-order valence-corrected chi connectivity index (χ3v) is 12.6. The number of nitrogens with one attached hydrogen (secondary N) is 3. The van der Waals surface area contributed by atoms with Gasteiger partial charge in [0.1, 0.15) is 23.8 Å². The van der Waals surface area contributed by atoms with Gasteiger partial charge in [0.25, 0.3) is 5.91 Å². The summed E-state index contributed by atoms with van der Waals surface area (Å²) >= 11 is 0. The van der Waals surface area contributed by atoms with Gasteiger partial charge >= 0.3 is 11.9 Å². The van der Waals surface area contributed by atoms with E-state index in [0.717, 1.165) is 93.6 Å². The van der Waals surface area contributed by atoms with Crippen molar-refractivity contribution in [2.45, 2.75) is 69.6 Å². The Bertz CT molecular complexity index is 2720.